The molecule has 1 aliphatic heterocycles. The molecule has 1 aliphatic carbocycles. The first-order valence-corrected chi connectivity index (χ1v) is 4.40. The van der Waals surface area contributed by atoms with Crippen molar-refractivity contribution in [2.24, 2.45) is 5.92 Å². The van der Waals surface area contributed by atoms with Gasteiger partial charge in [0.1, 0.15) is 0 Å². The SMILES string of the molecule is C1=CC2SNCC2CC1. The van der Waals surface area contributed by atoms with E-state index in [4.69, 9.17) is 0 Å². The van der Waals surface area contributed by atoms with E-state index in [1.165, 1.54) is 19.4 Å². The summed E-state index contributed by atoms with van der Waals surface area (Å²) < 4.78 is 3.33. The van der Waals surface area contributed by atoms with Crippen LogP contribution in [0.3, 0.4) is 0 Å². The van der Waals surface area contributed by atoms with Gasteiger partial charge in [0.05, 0.1) is 0 Å². The molecular weight excluding hydrogens is 130 g/mol. The van der Waals surface area contributed by atoms with Crippen molar-refractivity contribution in [1.29, 1.82) is 0 Å². The van der Waals surface area contributed by atoms with Gasteiger partial charge in [-0.2, -0.15) is 0 Å². The molecule has 0 bridgehead atoms. The molecule has 0 aromatic rings. The molecule has 1 nitrogen and oxygen atoms in total. The highest BCUT2D eigenvalue weighted by Crippen LogP contribution is 2.31. The van der Waals surface area contributed by atoms with Crippen molar-refractivity contribution in [3.63, 3.8) is 0 Å². The lowest BCUT2D eigenvalue weighted by molar-refractivity contribution is 0.514. The monoisotopic (exact) mass is 141 g/mol. The minimum Gasteiger partial charge on any atom is -0.263 e. The van der Waals surface area contributed by atoms with Gasteiger partial charge in [0, 0.05) is 11.8 Å². The van der Waals surface area contributed by atoms with Gasteiger partial charge in [-0.3, -0.25) is 4.72 Å². The van der Waals surface area contributed by atoms with Gasteiger partial charge < -0.3 is 0 Å². The van der Waals surface area contributed by atoms with E-state index in [9.17, 15) is 0 Å². The molecule has 0 saturated carbocycles. The summed E-state index contributed by atoms with van der Waals surface area (Å²) in [5.41, 5.74) is 0. The molecule has 1 saturated heterocycles. The lowest BCUT2D eigenvalue weighted by Gasteiger charge is -2.16. The average Bonchev–Trinajstić information content (AvgIpc) is 2.33. The first kappa shape index (κ1) is 5.81. The second kappa shape index (κ2) is 2.35. The predicted molar refractivity (Wildman–Crippen MR) is 41.2 cm³/mol. The fourth-order valence-electron chi connectivity index (χ4n) is 1.47. The highest BCUT2D eigenvalue weighted by Gasteiger charge is 2.26. The summed E-state index contributed by atoms with van der Waals surface area (Å²) in [7, 11) is 0. The normalized spacial score (nSPS) is 40.9. The molecule has 0 aromatic carbocycles. The zero-order chi connectivity index (χ0) is 6.10. The minimum absolute atomic E-state index is 0.791. The molecule has 2 heteroatoms. The summed E-state index contributed by atoms with van der Waals surface area (Å²) >= 11 is 1.89. The van der Waals surface area contributed by atoms with E-state index in [0.29, 0.717) is 0 Å². The van der Waals surface area contributed by atoms with Crippen LogP contribution >= 0.6 is 11.9 Å². The number of fused-ring (bicyclic) bond motifs is 1. The van der Waals surface area contributed by atoms with Crippen LogP contribution < -0.4 is 4.72 Å². The Morgan fingerprint density at radius 1 is 1.56 bits per heavy atom. The van der Waals surface area contributed by atoms with Crippen molar-refractivity contribution in [3.05, 3.63) is 12.2 Å². The third kappa shape index (κ3) is 1.01. The van der Waals surface area contributed by atoms with Crippen LogP contribution in [0.5, 0.6) is 0 Å². The predicted octanol–water partition coefficient (Wildman–Crippen LogP) is 1.57. The van der Waals surface area contributed by atoms with Crippen molar-refractivity contribution in [2.75, 3.05) is 6.54 Å². The van der Waals surface area contributed by atoms with E-state index >= 15 is 0 Å². The van der Waals surface area contributed by atoms with Crippen LogP contribution in [0, 0.1) is 5.92 Å². The molecule has 2 aliphatic rings. The molecule has 0 spiro atoms. The Hall–Kier alpha value is 0.0500. The van der Waals surface area contributed by atoms with Gasteiger partial charge in [-0.05, 0) is 18.8 Å². The zero-order valence-electron chi connectivity index (χ0n) is 5.34. The number of rotatable bonds is 0. The fraction of sp³-hybridized carbons (Fsp3) is 0.714. The maximum absolute atomic E-state index is 3.33. The largest absolute Gasteiger partial charge is 0.263 e. The Kier molecular flexibility index (Phi) is 1.52. The third-order valence-electron chi connectivity index (χ3n) is 2.06. The molecule has 2 rings (SSSR count). The summed E-state index contributed by atoms with van der Waals surface area (Å²) in [6.07, 6.45) is 7.34. The van der Waals surface area contributed by atoms with Crippen LogP contribution in [0.25, 0.3) is 0 Å². The topological polar surface area (TPSA) is 12.0 Å². The molecule has 0 amide bonds. The maximum Gasteiger partial charge on any atom is 0.0413 e. The molecule has 2 unspecified atom stereocenters. The van der Waals surface area contributed by atoms with Crippen LogP contribution in [0.15, 0.2) is 12.2 Å². The standard InChI is InChI=1S/C7H11NS/c1-2-4-7-6(3-1)5-8-9-7/h2,4,6-8H,1,3,5H2. The first-order valence-electron chi connectivity index (χ1n) is 3.52. The minimum atomic E-state index is 0.791. The van der Waals surface area contributed by atoms with Crippen LogP contribution in [0.4, 0.5) is 0 Å². The van der Waals surface area contributed by atoms with Crippen LogP contribution in [0.1, 0.15) is 12.8 Å². The van der Waals surface area contributed by atoms with Gasteiger partial charge in [-0.25, -0.2) is 0 Å². The molecule has 1 fully saturated rings. The summed E-state index contributed by atoms with van der Waals surface area (Å²) in [4.78, 5) is 0. The lowest BCUT2D eigenvalue weighted by Crippen LogP contribution is -2.15. The molecule has 1 heterocycles. The third-order valence-corrected chi connectivity index (χ3v) is 3.21. The van der Waals surface area contributed by atoms with E-state index in [1.54, 1.807) is 0 Å². The fourth-order valence-corrected chi connectivity index (χ4v) is 2.58. The van der Waals surface area contributed by atoms with Crippen molar-refractivity contribution < 1.29 is 0 Å². The van der Waals surface area contributed by atoms with Gasteiger partial charge in [-0.15, -0.1) is 0 Å². The Morgan fingerprint density at radius 3 is 3.44 bits per heavy atom. The highest BCUT2D eigenvalue weighted by atomic mass is 32.2. The number of hydrogen-bond acceptors (Lipinski definition) is 2. The zero-order valence-corrected chi connectivity index (χ0v) is 6.16. The van der Waals surface area contributed by atoms with Crippen molar-refractivity contribution >= 4 is 11.9 Å². The molecule has 50 valence electrons. The molecule has 0 aromatic heterocycles. The first-order chi connectivity index (χ1) is 4.47. The second-order valence-corrected chi connectivity index (χ2v) is 3.77. The lowest BCUT2D eigenvalue weighted by atomic mass is 9.94. The Bertz CT molecular complexity index is 133. The van der Waals surface area contributed by atoms with Crippen molar-refractivity contribution in [2.45, 2.75) is 18.1 Å². The highest BCUT2D eigenvalue weighted by molar-refractivity contribution is 7.98. The average molecular weight is 141 g/mol. The number of nitrogens with one attached hydrogen (secondary N) is 1. The Balaban J connectivity index is 2.10. The van der Waals surface area contributed by atoms with E-state index < -0.39 is 0 Å². The Morgan fingerprint density at radius 2 is 2.56 bits per heavy atom. The van der Waals surface area contributed by atoms with E-state index in [2.05, 4.69) is 16.9 Å². The van der Waals surface area contributed by atoms with Gasteiger partial charge >= 0.3 is 0 Å². The molecule has 1 N–H and O–H groups in total. The van der Waals surface area contributed by atoms with Gasteiger partial charge in [0.2, 0.25) is 0 Å². The quantitative estimate of drug-likeness (QED) is 0.406. The molecular formula is C7H11NS. The van der Waals surface area contributed by atoms with Crippen molar-refractivity contribution in [1.82, 2.24) is 4.72 Å². The van der Waals surface area contributed by atoms with Crippen LogP contribution in [-0.2, 0) is 0 Å². The van der Waals surface area contributed by atoms with Crippen LogP contribution in [0.2, 0.25) is 0 Å². The summed E-state index contributed by atoms with van der Waals surface area (Å²) in [5.74, 6) is 0.931. The second-order valence-electron chi connectivity index (χ2n) is 2.70. The molecule has 0 radical (unpaired) electrons. The van der Waals surface area contributed by atoms with Gasteiger partial charge in [-0.1, -0.05) is 24.1 Å². The summed E-state index contributed by atoms with van der Waals surface area (Å²) in [6.45, 7) is 1.22. The summed E-state index contributed by atoms with van der Waals surface area (Å²) in [6, 6.07) is 0. The smallest absolute Gasteiger partial charge is 0.0413 e. The van der Waals surface area contributed by atoms with Crippen LogP contribution in [-0.4, -0.2) is 11.8 Å². The maximum atomic E-state index is 3.33. The van der Waals surface area contributed by atoms with Crippen molar-refractivity contribution in [3.8, 4) is 0 Å². The van der Waals surface area contributed by atoms with Gasteiger partial charge in [0.15, 0.2) is 0 Å². The Labute approximate surface area is 60.0 Å². The van der Waals surface area contributed by atoms with E-state index in [-0.39, 0.29) is 0 Å². The number of allylic oxidation sites excluding steroid dienone is 1. The molecule has 9 heavy (non-hydrogen) atoms. The number of hydrogen-bond donors (Lipinski definition) is 1. The molecule has 2 atom stereocenters. The van der Waals surface area contributed by atoms with Gasteiger partial charge in [0.25, 0.3) is 0 Å². The van der Waals surface area contributed by atoms with E-state index in [0.717, 1.165) is 11.2 Å². The van der Waals surface area contributed by atoms with E-state index in [1.807, 2.05) is 11.9 Å². The summed E-state index contributed by atoms with van der Waals surface area (Å²) in [5, 5.41) is 0.791.